The van der Waals surface area contributed by atoms with E-state index >= 15 is 0 Å². The average Bonchev–Trinajstić information content (AvgIpc) is 2.60. The lowest BCUT2D eigenvalue weighted by Gasteiger charge is -2.18. The van der Waals surface area contributed by atoms with Gasteiger partial charge in [-0.25, -0.2) is 0 Å². The molecule has 0 heterocycles. The molecule has 130 valence electrons. The maximum atomic E-state index is 6.04. The Hall–Kier alpha value is -2.00. The lowest BCUT2D eigenvalue weighted by Crippen LogP contribution is -2.15. The Bertz CT molecular complexity index is 622. The highest BCUT2D eigenvalue weighted by Crippen LogP contribution is 2.26. The second kappa shape index (κ2) is 9.33. The Kier molecular flexibility index (Phi) is 7.13. The monoisotopic (exact) mass is 327 g/mol. The molecule has 2 rings (SSSR count). The van der Waals surface area contributed by atoms with Gasteiger partial charge in [0.05, 0.1) is 13.2 Å². The maximum absolute atomic E-state index is 6.04. The predicted octanol–water partition coefficient (Wildman–Crippen LogP) is 4.47. The van der Waals surface area contributed by atoms with Gasteiger partial charge in [0.25, 0.3) is 0 Å². The van der Waals surface area contributed by atoms with Crippen LogP contribution in [0.15, 0.2) is 42.5 Å². The summed E-state index contributed by atoms with van der Waals surface area (Å²) in [5, 5.41) is 0. The molecule has 0 fully saturated rings. The lowest BCUT2D eigenvalue weighted by molar-refractivity contribution is 0.315. The van der Waals surface area contributed by atoms with E-state index in [9.17, 15) is 0 Å². The molecule has 1 atom stereocenters. The number of benzene rings is 2. The zero-order valence-electron chi connectivity index (χ0n) is 15.0. The molecule has 2 aromatic rings. The fraction of sp³-hybridized carbons (Fsp3) is 0.429. The number of aryl methyl sites for hydroxylation is 1. The van der Waals surface area contributed by atoms with Gasteiger partial charge in [-0.3, -0.25) is 0 Å². The molecule has 24 heavy (non-hydrogen) atoms. The normalized spacial score (nSPS) is 12.0. The highest BCUT2D eigenvalue weighted by atomic mass is 16.5. The molecular formula is C21H29NO2. The largest absolute Gasteiger partial charge is 0.494 e. The van der Waals surface area contributed by atoms with Crippen LogP contribution < -0.4 is 15.2 Å². The van der Waals surface area contributed by atoms with E-state index in [-0.39, 0.29) is 0 Å². The number of hydrogen-bond acceptors (Lipinski definition) is 3. The summed E-state index contributed by atoms with van der Waals surface area (Å²) in [5.41, 5.74) is 9.76. The van der Waals surface area contributed by atoms with Gasteiger partial charge in [0.2, 0.25) is 0 Å². The Labute approximate surface area is 145 Å². The topological polar surface area (TPSA) is 44.5 Å². The predicted molar refractivity (Wildman–Crippen MR) is 100 cm³/mol. The number of ether oxygens (including phenoxy) is 2. The Balaban J connectivity index is 2.08. The lowest BCUT2D eigenvalue weighted by atomic mass is 9.91. The average molecular weight is 327 g/mol. The molecule has 0 saturated heterocycles. The minimum absolute atomic E-state index is 0.307. The quantitative estimate of drug-likeness (QED) is 0.739. The summed E-state index contributed by atoms with van der Waals surface area (Å²) < 4.78 is 11.3. The van der Waals surface area contributed by atoms with E-state index in [0.717, 1.165) is 30.9 Å². The molecule has 0 radical (unpaired) electrons. The molecule has 0 saturated carbocycles. The molecule has 0 bridgehead atoms. The second-order valence-electron chi connectivity index (χ2n) is 6.09. The first kappa shape index (κ1) is 18.3. The highest BCUT2D eigenvalue weighted by molar-refractivity contribution is 5.38. The van der Waals surface area contributed by atoms with E-state index in [4.69, 9.17) is 15.2 Å². The fourth-order valence-corrected chi connectivity index (χ4v) is 2.81. The first-order valence-corrected chi connectivity index (χ1v) is 8.83. The highest BCUT2D eigenvalue weighted by Gasteiger charge is 2.12. The van der Waals surface area contributed by atoms with Gasteiger partial charge < -0.3 is 15.2 Å². The fourth-order valence-electron chi connectivity index (χ4n) is 2.81. The molecule has 0 aliphatic heterocycles. The van der Waals surface area contributed by atoms with Crippen LogP contribution in [0, 0.1) is 6.92 Å². The van der Waals surface area contributed by atoms with E-state index in [1.807, 2.05) is 19.1 Å². The third-order valence-corrected chi connectivity index (χ3v) is 4.13. The molecule has 1 unspecified atom stereocenters. The maximum Gasteiger partial charge on any atom is 0.122 e. The van der Waals surface area contributed by atoms with Crippen LogP contribution in [0.5, 0.6) is 11.5 Å². The van der Waals surface area contributed by atoms with Crippen molar-refractivity contribution in [2.24, 2.45) is 5.73 Å². The van der Waals surface area contributed by atoms with E-state index in [2.05, 4.69) is 44.2 Å². The molecular weight excluding hydrogens is 298 g/mol. The van der Waals surface area contributed by atoms with E-state index in [1.165, 1.54) is 16.7 Å². The summed E-state index contributed by atoms with van der Waals surface area (Å²) in [5.74, 6) is 2.19. The van der Waals surface area contributed by atoms with Crippen molar-refractivity contribution in [3.63, 3.8) is 0 Å². The van der Waals surface area contributed by atoms with Crippen molar-refractivity contribution in [2.45, 2.75) is 39.5 Å². The summed E-state index contributed by atoms with van der Waals surface area (Å²) in [4.78, 5) is 0. The van der Waals surface area contributed by atoms with Crippen LogP contribution in [0.1, 0.15) is 42.9 Å². The van der Waals surface area contributed by atoms with E-state index in [1.54, 1.807) is 0 Å². The van der Waals surface area contributed by atoms with Crippen LogP contribution in [0.2, 0.25) is 0 Å². The standard InChI is InChI=1S/C21H29NO2/c1-4-12-24-21-11-8-18(13-16(21)3)19(15-22)14-17-6-9-20(10-7-17)23-5-2/h6-11,13,19H,4-5,12,14-15,22H2,1-3H3. The molecule has 3 heteroatoms. The molecule has 0 spiro atoms. The Morgan fingerprint density at radius 2 is 1.75 bits per heavy atom. The first-order valence-electron chi connectivity index (χ1n) is 8.83. The SMILES string of the molecule is CCCOc1ccc(C(CN)Cc2ccc(OCC)cc2)cc1C. The van der Waals surface area contributed by atoms with Gasteiger partial charge in [0.15, 0.2) is 0 Å². The van der Waals surface area contributed by atoms with Crippen LogP contribution >= 0.6 is 0 Å². The second-order valence-corrected chi connectivity index (χ2v) is 6.09. The van der Waals surface area contributed by atoms with Crippen LogP contribution in [0.25, 0.3) is 0 Å². The van der Waals surface area contributed by atoms with Gasteiger partial charge in [-0.15, -0.1) is 0 Å². The van der Waals surface area contributed by atoms with Gasteiger partial charge >= 0.3 is 0 Å². The summed E-state index contributed by atoms with van der Waals surface area (Å²) in [6.45, 7) is 8.28. The molecule has 0 aliphatic rings. The first-order chi connectivity index (χ1) is 11.7. The van der Waals surface area contributed by atoms with Gasteiger partial charge in [-0.05, 0) is 68.1 Å². The van der Waals surface area contributed by atoms with Gasteiger partial charge in [0.1, 0.15) is 11.5 Å². The third-order valence-electron chi connectivity index (χ3n) is 4.13. The van der Waals surface area contributed by atoms with Crippen molar-refractivity contribution in [3.8, 4) is 11.5 Å². The van der Waals surface area contributed by atoms with Crippen molar-refractivity contribution in [1.29, 1.82) is 0 Å². The molecule has 3 nitrogen and oxygen atoms in total. The smallest absolute Gasteiger partial charge is 0.122 e. The third kappa shape index (κ3) is 5.00. The van der Waals surface area contributed by atoms with Gasteiger partial charge in [0, 0.05) is 5.92 Å². The molecule has 0 aliphatic carbocycles. The van der Waals surface area contributed by atoms with E-state index in [0.29, 0.717) is 19.1 Å². The van der Waals surface area contributed by atoms with Crippen molar-refractivity contribution in [1.82, 2.24) is 0 Å². The summed E-state index contributed by atoms with van der Waals surface area (Å²) in [6, 6.07) is 14.7. The number of nitrogens with two attached hydrogens (primary N) is 1. The van der Waals surface area contributed by atoms with Crippen molar-refractivity contribution < 1.29 is 9.47 Å². The van der Waals surface area contributed by atoms with E-state index < -0.39 is 0 Å². The molecule has 0 amide bonds. The molecule has 0 aromatic heterocycles. The minimum Gasteiger partial charge on any atom is -0.494 e. The number of rotatable bonds is 9. The Morgan fingerprint density at radius 1 is 1.00 bits per heavy atom. The van der Waals surface area contributed by atoms with Gasteiger partial charge in [-0.2, -0.15) is 0 Å². The molecule has 2 aromatic carbocycles. The van der Waals surface area contributed by atoms with Crippen molar-refractivity contribution in [2.75, 3.05) is 19.8 Å². The van der Waals surface area contributed by atoms with Gasteiger partial charge in [-0.1, -0.05) is 31.2 Å². The zero-order chi connectivity index (χ0) is 17.4. The van der Waals surface area contributed by atoms with Crippen LogP contribution in [-0.4, -0.2) is 19.8 Å². The minimum atomic E-state index is 0.307. The summed E-state index contributed by atoms with van der Waals surface area (Å²) >= 11 is 0. The molecule has 2 N–H and O–H groups in total. The van der Waals surface area contributed by atoms with Crippen molar-refractivity contribution >= 4 is 0 Å². The van der Waals surface area contributed by atoms with Crippen LogP contribution in [0.3, 0.4) is 0 Å². The van der Waals surface area contributed by atoms with Crippen LogP contribution in [-0.2, 0) is 6.42 Å². The van der Waals surface area contributed by atoms with Crippen LogP contribution in [0.4, 0.5) is 0 Å². The zero-order valence-corrected chi connectivity index (χ0v) is 15.0. The number of hydrogen-bond donors (Lipinski definition) is 1. The van der Waals surface area contributed by atoms with Crippen molar-refractivity contribution in [3.05, 3.63) is 59.2 Å². The summed E-state index contributed by atoms with van der Waals surface area (Å²) in [7, 11) is 0. The Morgan fingerprint density at radius 3 is 2.33 bits per heavy atom. The summed E-state index contributed by atoms with van der Waals surface area (Å²) in [6.07, 6.45) is 1.95.